The van der Waals surface area contributed by atoms with Crippen molar-refractivity contribution in [1.29, 1.82) is 0 Å². The number of hydrogen-bond donors (Lipinski definition) is 2. The molecular weight excluding hydrogens is 442 g/mol. The first-order chi connectivity index (χ1) is 16.8. The monoisotopic (exact) mass is 475 g/mol. The van der Waals surface area contributed by atoms with E-state index < -0.39 is 0 Å². The van der Waals surface area contributed by atoms with E-state index in [1.807, 2.05) is 30.9 Å². The minimum atomic E-state index is -0.367. The van der Waals surface area contributed by atoms with Crippen molar-refractivity contribution in [3.05, 3.63) is 47.0 Å². The quantitative estimate of drug-likeness (QED) is 0.470. The minimum absolute atomic E-state index is 0.0510. The van der Waals surface area contributed by atoms with Crippen LogP contribution in [0.25, 0.3) is 34.2 Å². The predicted molar refractivity (Wildman–Crippen MR) is 137 cm³/mol. The van der Waals surface area contributed by atoms with Crippen LogP contribution in [0.4, 0.5) is 0 Å². The van der Waals surface area contributed by atoms with Crippen molar-refractivity contribution < 1.29 is 9.84 Å². The molecule has 0 radical (unpaired) electrons. The van der Waals surface area contributed by atoms with Gasteiger partial charge in [-0.1, -0.05) is 6.07 Å². The predicted octanol–water partition coefficient (Wildman–Crippen LogP) is 3.62. The van der Waals surface area contributed by atoms with Gasteiger partial charge in [-0.25, -0.2) is 4.68 Å². The molecule has 35 heavy (non-hydrogen) atoms. The first-order valence-electron chi connectivity index (χ1n) is 12.1. The highest BCUT2D eigenvalue weighted by Crippen LogP contribution is 2.33. The number of aromatic amines is 1. The van der Waals surface area contributed by atoms with Crippen LogP contribution in [0.15, 0.2) is 24.4 Å². The topological polar surface area (TPSA) is 97.0 Å². The molecule has 4 heterocycles. The normalized spacial score (nSPS) is 18.5. The van der Waals surface area contributed by atoms with Gasteiger partial charge in [-0.3, -0.25) is 14.7 Å². The molecule has 2 N–H and O–H groups in total. The zero-order valence-electron chi connectivity index (χ0n) is 21.0. The number of H-pyrrole nitrogens is 1. The molecule has 184 valence electrons. The van der Waals surface area contributed by atoms with Crippen LogP contribution < -0.4 is 4.74 Å². The van der Waals surface area contributed by atoms with Crippen LogP contribution in [0.1, 0.15) is 42.9 Å². The molecule has 0 amide bonds. The van der Waals surface area contributed by atoms with Gasteiger partial charge in [-0.2, -0.15) is 15.3 Å². The summed E-state index contributed by atoms with van der Waals surface area (Å²) in [5.41, 5.74) is 7.01. The maximum atomic E-state index is 9.79. The molecule has 0 saturated carbocycles. The van der Waals surface area contributed by atoms with Crippen LogP contribution >= 0.6 is 0 Å². The molecule has 0 saturated heterocycles. The van der Waals surface area contributed by atoms with Gasteiger partial charge in [0.2, 0.25) is 5.88 Å². The molecule has 1 aromatic carbocycles. The largest absolute Gasteiger partial charge is 0.473 e. The smallest absolute Gasteiger partial charge is 0.219 e. The van der Waals surface area contributed by atoms with Crippen molar-refractivity contribution in [2.75, 3.05) is 13.6 Å². The molecule has 9 heteroatoms. The summed E-state index contributed by atoms with van der Waals surface area (Å²) in [5, 5.41) is 27.9. The fraction of sp³-hybridized carbons (Fsp3) is 0.423. The number of hydrogen-bond acceptors (Lipinski definition) is 6. The number of aliphatic hydroxyl groups excluding tert-OH is 1. The number of fused-ring (bicyclic) bond motifs is 4. The zero-order valence-corrected chi connectivity index (χ0v) is 21.0. The van der Waals surface area contributed by atoms with E-state index in [-0.39, 0.29) is 12.2 Å². The number of aliphatic hydroxyl groups is 1. The zero-order chi connectivity index (χ0) is 24.7. The molecule has 9 nitrogen and oxygen atoms in total. The maximum absolute atomic E-state index is 9.79. The Bertz CT molecular complexity index is 1380. The fourth-order valence-corrected chi connectivity index (χ4v) is 4.73. The molecule has 2 bridgehead atoms. The molecule has 1 aliphatic rings. The van der Waals surface area contributed by atoms with Gasteiger partial charge in [-0.05, 0) is 64.1 Å². The Kier molecular flexibility index (Phi) is 6.21. The van der Waals surface area contributed by atoms with Crippen molar-refractivity contribution in [3.8, 4) is 17.0 Å². The van der Waals surface area contributed by atoms with E-state index in [0.29, 0.717) is 19.5 Å². The van der Waals surface area contributed by atoms with Crippen LogP contribution in [0.2, 0.25) is 0 Å². The van der Waals surface area contributed by atoms with Crippen LogP contribution in [0.5, 0.6) is 5.88 Å². The number of aromatic nitrogens is 6. The summed E-state index contributed by atoms with van der Waals surface area (Å²) in [5.74, 6) is 0.750. The molecule has 1 aliphatic heterocycles. The standard InChI is InChI=1S/C26H33N7O2/c1-16(34)10-11-33-18(3)20-7-9-24-21-12-19(6-8-23(21)28-29-24)22-13-27-32(5)26(22)35-17(2)14-31(4)15-25(20)30-33/h6-9,12-13,16-17,34H,10-11,14-15H2,1-5H3,(H,28,29)/b9-7+/t16?,17-/m0/s1. The van der Waals surface area contributed by atoms with Crippen LogP contribution in [-0.4, -0.2) is 65.6 Å². The minimum Gasteiger partial charge on any atom is -0.473 e. The number of nitrogens with one attached hydrogen (secondary N) is 1. The third kappa shape index (κ3) is 4.61. The molecule has 4 aromatic rings. The summed E-state index contributed by atoms with van der Waals surface area (Å²) in [7, 11) is 3.99. The summed E-state index contributed by atoms with van der Waals surface area (Å²) in [6, 6.07) is 6.26. The lowest BCUT2D eigenvalue weighted by Gasteiger charge is -2.22. The number of nitrogens with zero attached hydrogens (tertiary/aromatic N) is 6. The molecule has 1 unspecified atom stereocenters. The van der Waals surface area contributed by atoms with E-state index in [0.717, 1.165) is 57.1 Å². The van der Waals surface area contributed by atoms with Gasteiger partial charge in [0.15, 0.2) is 0 Å². The van der Waals surface area contributed by atoms with E-state index in [1.54, 1.807) is 4.68 Å². The first-order valence-corrected chi connectivity index (χ1v) is 12.1. The van der Waals surface area contributed by atoms with Gasteiger partial charge in [0, 0.05) is 43.3 Å². The second-order valence-electron chi connectivity index (χ2n) is 9.62. The number of likely N-dealkylation sites (N-methyl/N-ethyl adjacent to an activating group) is 1. The number of aryl methyl sites for hydroxylation is 2. The van der Waals surface area contributed by atoms with Gasteiger partial charge in [0.05, 0.1) is 34.8 Å². The summed E-state index contributed by atoms with van der Waals surface area (Å²) < 4.78 is 10.2. The molecule has 5 rings (SSSR count). The van der Waals surface area contributed by atoms with Crippen molar-refractivity contribution in [1.82, 2.24) is 34.7 Å². The average Bonchev–Trinajstić information content (AvgIpc) is 3.46. The highest BCUT2D eigenvalue weighted by Gasteiger charge is 2.20. The Morgan fingerprint density at radius 1 is 1.26 bits per heavy atom. The Labute approximate surface area is 205 Å². The van der Waals surface area contributed by atoms with Crippen LogP contribution in [-0.2, 0) is 20.1 Å². The summed E-state index contributed by atoms with van der Waals surface area (Å²) in [6.07, 6.45) is 6.26. The van der Waals surface area contributed by atoms with E-state index in [9.17, 15) is 5.11 Å². The van der Waals surface area contributed by atoms with Gasteiger partial charge in [0.1, 0.15) is 6.10 Å². The SMILES string of the molecule is Cc1c2c(nn1CCC(C)O)CN(C)C[C@H](C)Oc1c(cnn1C)-c1ccc3[nH]nc(c3c1)/C=C/2. The fourth-order valence-electron chi connectivity index (χ4n) is 4.73. The van der Waals surface area contributed by atoms with E-state index in [1.165, 1.54) is 0 Å². The molecule has 0 spiro atoms. The van der Waals surface area contributed by atoms with Crippen molar-refractivity contribution in [2.45, 2.75) is 52.5 Å². The van der Waals surface area contributed by atoms with Crippen molar-refractivity contribution >= 4 is 23.1 Å². The highest BCUT2D eigenvalue weighted by molar-refractivity contribution is 5.93. The molecule has 3 aromatic heterocycles. The highest BCUT2D eigenvalue weighted by atomic mass is 16.5. The molecule has 0 aliphatic carbocycles. The first kappa shape index (κ1) is 23.3. The van der Waals surface area contributed by atoms with Gasteiger partial charge >= 0.3 is 0 Å². The number of ether oxygens (including phenoxy) is 1. The summed E-state index contributed by atoms with van der Waals surface area (Å²) in [6.45, 7) is 8.06. The second-order valence-corrected chi connectivity index (χ2v) is 9.62. The molecule has 2 atom stereocenters. The van der Waals surface area contributed by atoms with Gasteiger partial charge in [-0.15, -0.1) is 0 Å². The maximum Gasteiger partial charge on any atom is 0.219 e. The van der Waals surface area contributed by atoms with Crippen molar-refractivity contribution in [3.63, 3.8) is 0 Å². The molecular formula is C26H33N7O2. The third-order valence-electron chi connectivity index (χ3n) is 6.58. The Hall–Kier alpha value is -3.43. The van der Waals surface area contributed by atoms with Crippen molar-refractivity contribution in [2.24, 2.45) is 7.05 Å². The van der Waals surface area contributed by atoms with Crippen LogP contribution in [0.3, 0.4) is 0 Å². The number of benzene rings is 1. The summed E-state index contributed by atoms with van der Waals surface area (Å²) >= 11 is 0. The lowest BCUT2D eigenvalue weighted by atomic mass is 10.0. The van der Waals surface area contributed by atoms with Gasteiger partial charge < -0.3 is 9.84 Å². The third-order valence-corrected chi connectivity index (χ3v) is 6.58. The Morgan fingerprint density at radius 2 is 2.09 bits per heavy atom. The van der Waals surface area contributed by atoms with E-state index in [4.69, 9.17) is 9.84 Å². The summed E-state index contributed by atoms with van der Waals surface area (Å²) in [4.78, 5) is 2.23. The Balaban J connectivity index is 1.63. The second kappa shape index (κ2) is 9.31. The van der Waals surface area contributed by atoms with E-state index in [2.05, 4.69) is 65.4 Å². The lowest BCUT2D eigenvalue weighted by molar-refractivity contribution is 0.147. The molecule has 0 fully saturated rings. The van der Waals surface area contributed by atoms with Gasteiger partial charge in [0.25, 0.3) is 0 Å². The van der Waals surface area contributed by atoms with E-state index >= 15 is 0 Å². The number of rotatable bonds is 3. The van der Waals surface area contributed by atoms with Crippen LogP contribution in [0, 0.1) is 6.92 Å². The average molecular weight is 476 g/mol. The Morgan fingerprint density at radius 3 is 2.89 bits per heavy atom. The lowest BCUT2D eigenvalue weighted by Crippen LogP contribution is -2.31.